The molecule has 0 aliphatic rings. The van der Waals surface area contributed by atoms with Gasteiger partial charge in [-0.15, -0.1) is 12.4 Å². The molecule has 0 aliphatic heterocycles. The highest BCUT2D eigenvalue weighted by Crippen LogP contribution is 2.26. The minimum atomic E-state index is -0.261. The Balaban J connectivity index is 0.00000400. The number of nitrogens with one attached hydrogen (secondary N) is 1. The number of anilines is 1. The van der Waals surface area contributed by atoms with E-state index < -0.39 is 0 Å². The first-order valence-electron chi connectivity index (χ1n) is 6.74. The molecule has 1 aromatic rings. The maximum atomic E-state index is 12.0. The van der Waals surface area contributed by atoms with Gasteiger partial charge >= 0.3 is 0 Å². The molecule has 0 spiro atoms. The molecule has 0 heterocycles. The van der Waals surface area contributed by atoms with Crippen LogP contribution in [0, 0.1) is 12.8 Å². The predicted octanol–water partition coefficient (Wildman–Crippen LogP) is 2.36. The number of nitrogens with two attached hydrogens (primary N) is 1. The molecular weight excluding hydrogens is 292 g/mol. The van der Waals surface area contributed by atoms with E-state index in [1.165, 1.54) is 0 Å². The fraction of sp³-hybridized carbons (Fsp3) is 0.533. The topological polar surface area (TPSA) is 73.6 Å². The number of hydrogen-bond donors (Lipinski definition) is 2. The summed E-state index contributed by atoms with van der Waals surface area (Å²) in [5.41, 5.74) is 7.46. The Morgan fingerprint density at radius 2 is 2.00 bits per heavy atom. The number of methoxy groups -OCH3 is 1. The minimum Gasteiger partial charge on any atom is -0.489 e. The van der Waals surface area contributed by atoms with Crippen molar-refractivity contribution < 1.29 is 14.3 Å². The molecule has 1 amide bonds. The molecule has 120 valence electrons. The third kappa shape index (κ3) is 6.33. The maximum Gasteiger partial charge on any atom is 0.228 e. The highest BCUT2D eigenvalue weighted by atomic mass is 35.5. The van der Waals surface area contributed by atoms with Gasteiger partial charge in [0.25, 0.3) is 0 Å². The molecule has 6 heteroatoms. The van der Waals surface area contributed by atoms with E-state index in [1.807, 2.05) is 32.0 Å². The van der Waals surface area contributed by atoms with Gasteiger partial charge < -0.3 is 20.5 Å². The van der Waals surface area contributed by atoms with Crippen LogP contribution in [0.1, 0.15) is 19.4 Å². The average Bonchev–Trinajstić information content (AvgIpc) is 2.40. The third-order valence-corrected chi connectivity index (χ3v) is 3.14. The Morgan fingerprint density at radius 3 is 2.57 bits per heavy atom. The van der Waals surface area contributed by atoms with Gasteiger partial charge in [-0.2, -0.15) is 0 Å². The molecule has 5 nitrogen and oxygen atoms in total. The summed E-state index contributed by atoms with van der Waals surface area (Å²) in [5, 5.41) is 2.86. The number of benzene rings is 1. The lowest BCUT2D eigenvalue weighted by molar-refractivity contribution is -0.119. The normalized spacial score (nSPS) is 13.0. The molecule has 2 atom stereocenters. The lowest BCUT2D eigenvalue weighted by Crippen LogP contribution is -2.34. The number of amides is 1. The largest absolute Gasteiger partial charge is 0.489 e. The molecule has 3 N–H and O–H groups in total. The molecule has 0 aliphatic carbocycles. The Labute approximate surface area is 132 Å². The van der Waals surface area contributed by atoms with Gasteiger partial charge in [-0.3, -0.25) is 4.79 Å². The molecule has 0 aromatic heterocycles. The van der Waals surface area contributed by atoms with Crippen molar-refractivity contribution in [1.29, 1.82) is 0 Å². The van der Waals surface area contributed by atoms with Crippen LogP contribution in [0.2, 0.25) is 0 Å². The fourth-order valence-electron chi connectivity index (χ4n) is 1.57. The van der Waals surface area contributed by atoms with E-state index in [4.69, 9.17) is 15.2 Å². The zero-order chi connectivity index (χ0) is 15.1. The summed E-state index contributed by atoms with van der Waals surface area (Å²) in [7, 11) is 1.62. The highest BCUT2D eigenvalue weighted by Gasteiger charge is 2.18. The van der Waals surface area contributed by atoms with Crippen LogP contribution in [-0.4, -0.2) is 32.3 Å². The van der Waals surface area contributed by atoms with Crippen molar-refractivity contribution in [2.75, 3.05) is 25.6 Å². The maximum absolute atomic E-state index is 12.0. The Bertz CT molecular complexity index is 453. The van der Waals surface area contributed by atoms with Gasteiger partial charge in [-0.1, -0.05) is 13.0 Å². The molecular formula is C15H25ClN2O3. The summed E-state index contributed by atoms with van der Waals surface area (Å²) in [5.74, 6) is 0.274. The molecule has 1 aromatic carbocycles. The zero-order valence-corrected chi connectivity index (χ0v) is 13.8. The van der Waals surface area contributed by atoms with Crippen molar-refractivity contribution in [2.24, 2.45) is 11.7 Å². The van der Waals surface area contributed by atoms with Crippen molar-refractivity contribution in [2.45, 2.75) is 26.8 Å². The van der Waals surface area contributed by atoms with Gasteiger partial charge in [0.2, 0.25) is 5.91 Å². The molecule has 21 heavy (non-hydrogen) atoms. The van der Waals surface area contributed by atoms with Gasteiger partial charge in [-0.05, 0) is 31.5 Å². The van der Waals surface area contributed by atoms with E-state index in [0.717, 1.165) is 5.56 Å². The zero-order valence-electron chi connectivity index (χ0n) is 13.0. The van der Waals surface area contributed by atoms with Crippen molar-refractivity contribution >= 4 is 24.0 Å². The first-order chi connectivity index (χ1) is 9.45. The Morgan fingerprint density at radius 1 is 1.33 bits per heavy atom. The van der Waals surface area contributed by atoms with Gasteiger partial charge in [0.1, 0.15) is 12.4 Å². The Hall–Kier alpha value is -1.30. The number of carbonyl (C=O) groups is 1. The van der Waals surface area contributed by atoms with Crippen LogP contribution in [0.25, 0.3) is 0 Å². The van der Waals surface area contributed by atoms with Crippen molar-refractivity contribution in [1.82, 2.24) is 0 Å². The number of rotatable bonds is 7. The smallest absolute Gasteiger partial charge is 0.228 e. The molecule has 0 saturated carbocycles. The summed E-state index contributed by atoms with van der Waals surface area (Å²) in [6.45, 7) is 6.53. The SMILES string of the molecule is COCCOc1cc(C)ccc1NC(=O)C(C)C(C)N.Cl. The number of hydrogen-bond acceptors (Lipinski definition) is 4. The van der Waals surface area contributed by atoms with Crippen molar-refractivity contribution in [3.63, 3.8) is 0 Å². The van der Waals surface area contributed by atoms with E-state index >= 15 is 0 Å². The van der Waals surface area contributed by atoms with Crippen LogP contribution in [-0.2, 0) is 9.53 Å². The summed E-state index contributed by atoms with van der Waals surface area (Å²) in [6.07, 6.45) is 0. The van der Waals surface area contributed by atoms with Crippen LogP contribution in [0.4, 0.5) is 5.69 Å². The second kappa shape index (κ2) is 9.60. The molecule has 0 saturated heterocycles. The standard InChI is InChI=1S/C15H24N2O3.ClH/c1-10-5-6-13(14(9-10)20-8-7-19-4)17-15(18)11(2)12(3)16;/h5-6,9,11-12H,7-8,16H2,1-4H3,(H,17,18);1H. The first kappa shape index (κ1) is 19.7. The minimum absolute atomic E-state index is 0. The van der Waals surface area contributed by atoms with Gasteiger partial charge in [0.05, 0.1) is 18.2 Å². The van der Waals surface area contributed by atoms with Gasteiger partial charge in [0, 0.05) is 13.2 Å². The number of aryl methyl sites for hydroxylation is 1. The molecule has 0 fully saturated rings. The van der Waals surface area contributed by atoms with Crippen molar-refractivity contribution in [3.8, 4) is 5.75 Å². The van der Waals surface area contributed by atoms with Crippen LogP contribution < -0.4 is 15.8 Å². The van der Waals surface area contributed by atoms with E-state index in [-0.39, 0.29) is 30.3 Å². The Kier molecular flexibility index (Phi) is 9.01. The third-order valence-electron chi connectivity index (χ3n) is 3.14. The van der Waals surface area contributed by atoms with E-state index in [2.05, 4.69) is 5.32 Å². The van der Waals surface area contributed by atoms with Crippen LogP contribution in [0.5, 0.6) is 5.75 Å². The summed E-state index contributed by atoms with van der Waals surface area (Å²) < 4.78 is 10.6. The fourth-order valence-corrected chi connectivity index (χ4v) is 1.57. The lowest BCUT2D eigenvalue weighted by atomic mass is 10.0. The van der Waals surface area contributed by atoms with Gasteiger partial charge in [-0.25, -0.2) is 0 Å². The molecule has 0 bridgehead atoms. The summed E-state index contributed by atoms with van der Waals surface area (Å²) in [6, 6.07) is 5.46. The summed E-state index contributed by atoms with van der Waals surface area (Å²) >= 11 is 0. The second-order valence-electron chi connectivity index (χ2n) is 4.98. The predicted molar refractivity (Wildman–Crippen MR) is 87.2 cm³/mol. The number of carbonyl (C=O) groups excluding carboxylic acids is 1. The van der Waals surface area contributed by atoms with Crippen LogP contribution in [0.15, 0.2) is 18.2 Å². The van der Waals surface area contributed by atoms with E-state index in [0.29, 0.717) is 24.7 Å². The highest BCUT2D eigenvalue weighted by molar-refractivity contribution is 5.94. The van der Waals surface area contributed by atoms with E-state index in [1.54, 1.807) is 14.0 Å². The quantitative estimate of drug-likeness (QED) is 0.757. The van der Waals surface area contributed by atoms with Crippen molar-refractivity contribution in [3.05, 3.63) is 23.8 Å². The number of ether oxygens (including phenoxy) is 2. The van der Waals surface area contributed by atoms with Crippen LogP contribution in [0.3, 0.4) is 0 Å². The molecule has 1 rings (SSSR count). The molecule has 0 radical (unpaired) electrons. The molecule has 2 unspecified atom stereocenters. The monoisotopic (exact) mass is 316 g/mol. The average molecular weight is 317 g/mol. The second-order valence-corrected chi connectivity index (χ2v) is 4.98. The van der Waals surface area contributed by atoms with E-state index in [9.17, 15) is 4.79 Å². The lowest BCUT2D eigenvalue weighted by Gasteiger charge is -2.18. The summed E-state index contributed by atoms with van der Waals surface area (Å²) in [4.78, 5) is 12.0. The van der Waals surface area contributed by atoms with Crippen LogP contribution >= 0.6 is 12.4 Å². The first-order valence-corrected chi connectivity index (χ1v) is 6.74. The number of halogens is 1. The van der Waals surface area contributed by atoms with Gasteiger partial charge in [0.15, 0.2) is 0 Å².